The summed E-state index contributed by atoms with van der Waals surface area (Å²) in [6.45, 7) is 4.50. The number of nitrogens with one attached hydrogen (secondary N) is 2. The minimum absolute atomic E-state index is 0.194. The molecule has 56 heavy (non-hydrogen) atoms. The van der Waals surface area contributed by atoms with Crippen LogP contribution in [0, 0.1) is 0 Å². The molecule has 2 aromatic heterocycles. The summed E-state index contributed by atoms with van der Waals surface area (Å²) in [4.78, 5) is 35.2. The zero-order valence-corrected chi connectivity index (χ0v) is 34.7. The molecule has 0 aliphatic carbocycles. The number of aromatic amines is 2. The Hall–Kier alpha value is -4.15. The molecule has 0 spiro atoms. The Bertz CT molecular complexity index is 1370. The first kappa shape index (κ1) is 48.0. The Morgan fingerprint density at radius 3 is 0.875 bits per heavy atom. The van der Waals surface area contributed by atoms with Crippen LogP contribution in [-0.4, -0.2) is 48.9 Å². The average molecular weight is 777 g/mol. The third kappa shape index (κ3) is 25.8. The second-order valence-corrected chi connectivity index (χ2v) is 14.8. The third-order valence-corrected chi connectivity index (χ3v) is 9.81. The van der Waals surface area contributed by atoms with E-state index >= 15 is 0 Å². The van der Waals surface area contributed by atoms with Crippen molar-refractivity contribution < 1.29 is 23.9 Å². The van der Waals surface area contributed by atoms with Crippen LogP contribution < -0.4 is 0 Å². The molecule has 4 aromatic rings. The Balaban J connectivity index is 0.000000471. The molecule has 0 atom stereocenters. The van der Waals surface area contributed by atoms with Gasteiger partial charge in [0.2, 0.25) is 0 Å². The van der Waals surface area contributed by atoms with Gasteiger partial charge in [-0.3, -0.25) is 9.59 Å². The van der Waals surface area contributed by atoms with Crippen molar-refractivity contribution in [1.82, 2.24) is 30.8 Å². The Morgan fingerprint density at radius 1 is 0.393 bits per heavy atom. The lowest BCUT2D eigenvalue weighted by atomic mass is 10.0. The molecule has 0 bridgehead atoms. The van der Waals surface area contributed by atoms with Crippen LogP contribution >= 0.6 is 0 Å². The van der Waals surface area contributed by atoms with E-state index in [1.807, 2.05) is 48.5 Å². The summed E-state index contributed by atoms with van der Waals surface area (Å²) in [5.74, 6) is -1.21. The number of hydrogen-bond donors (Lipinski definition) is 2. The van der Waals surface area contributed by atoms with E-state index in [1.54, 1.807) is 0 Å². The standard InChI is InChI=1S/C33H62O5.2C6H5N3/c1-3-5-7-9-11-13-15-17-19-21-23-25-27-29-31(34)37-33(36)38-32(35)30-28-26-24-22-20-18-16-14-12-10-8-6-4-2;2*1-2-4-6-5(3-1)7-9-8-6/h3-30H2,1-2H3;2*1-4H,(H,7,8,9). The second kappa shape index (κ2) is 34.1. The molecule has 0 unspecified atom stereocenters. The minimum atomic E-state index is -1.18. The SMILES string of the molecule is CCCCCCCCCCCCCCCC(=O)OC(=O)OC(=O)CCCCCCCCCCCCCCC.c1ccc2n[nH]nc2c1.c1ccc2n[nH]nc2c1. The summed E-state index contributed by atoms with van der Waals surface area (Å²) in [5.41, 5.74) is 3.66. The fourth-order valence-electron chi connectivity index (χ4n) is 6.45. The highest BCUT2D eigenvalue weighted by molar-refractivity contribution is 5.88. The van der Waals surface area contributed by atoms with Crippen molar-refractivity contribution in [2.24, 2.45) is 0 Å². The number of unbranched alkanes of at least 4 members (excludes halogenated alkanes) is 24. The van der Waals surface area contributed by atoms with Crippen LogP contribution in [0.25, 0.3) is 22.1 Å². The average Bonchev–Trinajstić information content (AvgIpc) is 3.89. The van der Waals surface area contributed by atoms with Crippen LogP contribution in [0.2, 0.25) is 0 Å². The van der Waals surface area contributed by atoms with Gasteiger partial charge in [-0.15, -0.1) is 0 Å². The van der Waals surface area contributed by atoms with Gasteiger partial charge >= 0.3 is 18.1 Å². The number of H-pyrrole nitrogens is 2. The molecule has 0 radical (unpaired) electrons. The summed E-state index contributed by atoms with van der Waals surface area (Å²) in [7, 11) is 0. The van der Waals surface area contributed by atoms with E-state index < -0.39 is 18.1 Å². The van der Waals surface area contributed by atoms with Gasteiger partial charge in [0.25, 0.3) is 0 Å². The number of ether oxygens (including phenoxy) is 2. The van der Waals surface area contributed by atoms with E-state index in [4.69, 9.17) is 0 Å². The van der Waals surface area contributed by atoms with E-state index in [0.29, 0.717) is 12.8 Å². The van der Waals surface area contributed by atoms with Gasteiger partial charge in [-0.1, -0.05) is 192 Å². The van der Waals surface area contributed by atoms with Gasteiger partial charge in [0, 0.05) is 12.8 Å². The van der Waals surface area contributed by atoms with Crippen molar-refractivity contribution in [3.8, 4) is 0 Å². The zero-order valence-electron chi connectivity index (χ0n) is 34.7. The second-order valence-electron chi connectivity index (χ2n) is 14.8. The fraction of sp³-hybridized carbons (Fsp3) is 0.667. The molecule has 0 saturated carbocycles. The van der Waals surface area contributed by atoms with Crippen LogP contribution in [0.1, 0.15) is 194 Å². The highest BCUT2D eigenvalue weighted by atomic mass is 16.8. The molecule has 11 nitrogen and oxygen atoms in total. The topological polar surface area (TPSA) is 153 Å². The summed E-state index contributed by atoms with van der Waals surface area (Å²) in [5, 5.41) is 20.6. The Kier molecular flexibility index (Phi) is 29.3. The first-order valence-electron chi connectivity index (χ1n) is 22.0. The molecule has 2 aromatic carbocycles. The summed E-state index contributed by atoms with van der Waals surface area (Å²) >= 11 is 0. The number of nitrogens with zero attached hydrogens (tertiary/aromatic N) is 4. The Morgan fingerprint density at radius 2 is 0.625 bits per heavy atom. The van der Waals surface area contributed by atoms with E-state index in [1.165, 1.54) is 128 Å². The van der Waals surface area contributed by atoms with Crippen LogP contribution in [-0.2, 0) is 19.1 Å². The van der Waals surface area contributed by atoms with Crippen molar-refractivity contribution in [1.29, 1.82) is 0 Å². The zero-order chi connectivity index (χ0) is 40.2. The van der Waals surface area contributed by atoms with Crippen molar-refractivity contribution in [2.75, 3.05) is 0 Å². The number of aromatic nitrogens is 6. The van der Waals surface area contributed by atoms with Gasteiger partial charge < -0.3 is 9.47 Å². The number of para-hydroxylation sites is 4. The van der Waals surface area contributed by atoms with Gasteiger partial charge in [0.1, 0.15) is 22.1 Å². The number of carbonyl (C=O) groups excluding carboxylic acids is 3. The quantitative estimate of drug-likeness (QED) is 0.0326. The van der Waals surface area contributed by atoms with Crippen LogP contribution in [0.15, 0.2) is 48.5 Å². The molecular formula is C45H72N6O5. The number of carbonyl (C=O) groups is 3. The summed E-state index contributed by atoms with van der Waals surface area (Å²) in [6.07, 6.45) is 31.2. The molecule has 0 saturated heterocycles. The lowest BCUT2D eigenvalue weighted by Crippen LogP contribution is -2.17. The van der Waals surface area contributed by atoms with Crippen molar-refractivity contribution in [3.05, 3.63) is 48.5 Å². The van der Waals surface area contributed by atoms with Gasteiger partial charge in [0.05, 0.1) is 0 Å². The smallest absolute Gasteiger partial charge is 0.360 e. The molecule has 0 aliphatic rings. The third-order valence-electron chi connectivity index (χ3n) is 9.81. The Labute approximate surface area is 336 Å². The molecule has 312 valence electrons. The normalized spacial score (nSPS) is 10.8. The van der Waals surface area contributed by atoms with Crippen LogP contribution in [0.5, 0.6) is 0 Å². The maximum Gasteiger partial charge on any atom is 0.524 e. The molecule has 11 heteroatoms. The lowest BCUT2D eigenvalue weighted by Gasteiger charge is -2.05. The van der Waals surface area contributed by atoms with Crippen LogP contribution in [0.4, 0.5) is 4.79 Å². The first-order valence-corrected chi connectivity index (χ1v) is 22.0. The maximum atomic E-state index is 11.8. The van der Waals surface area contributed by atoms with Gasteiger partial charge in [-0.05, 0) is 37.1 Å². The van der Waals surface area contributed by atoms with Gasteiger partial charge in [0.15, 0.2) is 0 Å². The predicted octanol–water partition coefficient (Wildman–Crippen LogP) is 13.1. The fourth-order valence-corrected chi connectivity index (χ4v) is 6.45. The molecule has 2 heterocycles. The largest absolute Gasteiger partial charge is 0.524 e. The summed E-state index contributed by atoms with van der Waals surface area (Å²) < 4.78 is 9.25. The highest BCUT2D eigenvalue weighted by Crippen LogP contribution is 2.15. The van der Waals surface area contributed by atoms with E-state index in [-0.39, 0.29) is 12.8 Å². The molecule has 4 rings (SSSR count). The van der Waals surface area contributed by atoms with Gasteiger partial charge in [-0.2, -0.15) is 30.8 Å². The number of esters is 2. The first-order chi connectivity index (χ1) is 27.5. The number of benzene rings is 2. The maximum absolute atomic E-state index is 11.8. The molecule has 0 amide bonds. The molecule has 2 N–H and O–H groups in total. The molecular weight excluding hydrogens is 705 g/mol. The van der Waals surface area contributed by atoms with E-state index in [9.17, 15) is 14.4 Å². The summed E-state index contributed by atoms with van der Waals surface area (Å²) in [6, 6.07) is 15.4. The lowest BCUT2D eigenvalue weighted by molar-refractivity contribution is -0.146. The van der Waals surface area contributed by atoms with Crippen molar-refractivity contribution in [3.63, 3.8) is 0 Å². The highest BCUT2D eigenvalue weighted by Gasteiger charge is 2.16. The van der Waals surface area contributed by atoms with Crippen LogP contribution in [0.3, 0.4) is 0 Å². The van der Waals surface area contributed by atoms with Gasteiger partial charge in [-0.25, -0.2) is 4.79 Å². The predicted molar refractivity (Wildman–Crippen MR) is 226 cm³/mol. The van der Waals surface area contributed by atoms with Crippen molar-refractivity contribution in [2.45, 2.75) is 194 Å². The molecule has 0 aliphatic heterocycles. The van der Waals surface area contributed by atoms with Crippen molar-refractivity contribution >= 4 is 40.2 Å². The number of fused-ring (bicyclic) bond motifs is 2. The molecule has 0 fully saturated rings. The van der Waals surface area contributed by atoms with E-state index in [2.05, 4.69) is 54.1 Å². The number of hydrogen-bond acceptors (Lipinski definition) is 9. The minimum Gasteiger partial charge on any atom is -0.360 e. The number of rotatable bonds is 28. The monoisotopic (exact) mass is 777 g/mol. The van der Waals surface area contributed by atoms with E-state index in [0.717, 1.165) is 47.8 Å².